The minimum absolute atomic E-state index is 0.0247. The van der Waals surface area contributed by atoms with E-state index < -0.39 is 23.6 Å². The van der Waals surface area contributed by atoms with Crippen LogP contribution in [0.2, 0.25) is 0 Å². The highest BCUT2D eigenvalue weighted by Crippen LogP contribution is 2.52. The lowest BCUT2D eigenvalue weighted by atomic mass is 9.73. The van der Waals surface area contributed by atoms with Gasteiger partial charge in [-0.3, -0.25) is 14.0 Å². The minimum Gasteiger partial charge on any atom is -0.493 e. The van der Waals surface area contributed by atoms with Crippen molar-refractivity contribution in [3.63, 3.8) is 0 Å². The van der Waals surface area contributed by atoms with Gasteiger partial charge in [0, 0.05) is 35.6 Å². The third-order valence-corrected chi connectivity index (χ3v) is 8.49. The Morgan fingerprint density at radius 2 is 1.86 bits per heavy atom. The number of nitrogens with zero attached hydrogens (tertiary/aromatic N) is 4. The number of pyridine rings is 1. The number of rotatable bonds is 7. The number of nitrogens with one attached hydrogen (secondary N) is 1. The summed E-state index contributed by atoms with van der Waals surface area (Å²) in [6.07, 6.45) is 2.94. The number of nitrogen functional groups attached to an aromatic ring is 1. The molecule has 0 spiro atoms. The molecule has 4 atom stereocenters. The van der Waals surface area contributed by atoms with E-state index in [1.165, 1.54) is 12.1 Å². The lowest BCUT2D eigenvalue weighted by molar-refractivity contribution is -0.145. The smallest absolute Gasteiger partial charge is 0.416 e. The first-order valence-corrected chi connectivity index (χ1v) is 14.0. The van der Waals surface area contributed by atoms with Crippen LogP contribution >= 0.6 is 0 Å². The summed E-state index contributed by atoms with van der Waals surface area (Å²) in [4.78, 5) is 38.0. The monoisotopic (exact) mass is 594 g/mol. The predicted molar refractivity (Wildman–Crippen MR) is 151 cm³/mol. The molecule has 0 saturated heterocycles. The molecule has 2 aliphatic carbocycles. The molecule has 1 amide bonds. The molecule has 2 aliphatic rings. The maximum Gasteiger partial charge on any atom is 0.416 e. The second-order valence-electron chi connectivity index (χ2n) is 11.0. The van der Waals surface area contributed by atoms with Gasteiger partial charge in [0.2, 0.25) is 0 Å². The third-order valence-electron chi connectivity index (χ3n) is 8.49. The van der Waals surface area contributed by atoms with E-state index in [0.29, 0.717) is 35.4 Å². The standard InChI is InChI=1S/C30H29F3N6O4/c1-2-43-21-13-17(28(40)37-22-14-19(7-8-35-22)30(31,32)33)5-6-20(21)24-25-26(34)36-9-10-39(25)27(38-24)18-11-15-3-4-16(12-18)23(15)29(41)42/h5-10,13-16,18,23H,2-4,11-12H2,1H3,(H2,34,36)(H,41,42)(H,35,37,40)/t15-,16+,18?,23?. The summed E-state index contributed by atoms with van der Waals surface area (Å²) in [6, 6.07) is 6.27. The quantitative estimate of drug-likeness (QED) is 0.249. The van der Waals surface area contributed by atoms with Crippen molar-refractivity contribution in [1.29, 1.82) is 0 Å². The Balaban J connectivity index is 1.36. The average Bonchev–Trinajstić information content (AvgIpc) is 3.48. The van der Waals surface area contributed by atoms with Gasteiger partial charge < -0.3 is 20.9 Å². The number of fused-ring (bicyclic) bond motifs is 3. The summed E-state index contributed by atoms with van der Waals surface area (Å²) in [7, 11) is 0. The molecular weight excluding hydrogens is 565 g/mol. The Kier molecular flexibility index (Phi) is 7.18. The zero-order chi connectivity index (χ0) is 30.5. The van der Waals surface area contributed by atoms with Gasteiger partial charge in [-0.15, -0.1) is 0 Å². The highest BCUT2D eigenvalue weighted by Gasteiger charge is 2.47. The van der Waals surface area contributed by atoms with E-state index in [1.807, 2.05) is 4.40 Å². The SMILES string of the molecule is CCOc1cc(C(=O)Nc2cc(C(F)(F)F)ccn2)ccc1-c1nc(C2C[C@H]3CC[C@@H](C2)C3C(=O)O)n2ccnc(N)c12. The molecule has 2 bridgehead atoms. The van der Waals surface area contributed by atoms with Gasteiger partial charge in [-0.05, 0) is 74.8 Å². The molecule has 4 aromatic rings. The molecule has 13 heteroatoms. The Morgan fingerprint density at radius 3 is 2.53 bits per heavy atom. The normalized spacial score (nSPS) is 21.6. The number of carbonyl (C=O) groups is 2. The van der Waals surface area contributed by atoms with Crippen LogP contribution in [-0.4, -0.2) is 42.9 Å². The molecule has 43 heavy (non-hydrogen) atoms. The lowest BCUT2D eigenvalue weighted by Gasteiger charge is -2.32. The number of alkyl halides is 3. The fourth-order valence-corrected chi connectivity index (χ4v) is 6.70. The van der Waals surface area contributed by atoms with Crippen LogP contribution in [-0.2, 0) is 11.0 Å². The van der Waals surface area contributed by atoms with Gasteiger partial charge in [0.15, 0.2) is 0 Å². The van der Waals surface area contributed by atoms with Crippen molar-refractivity contribution in [3.05, 3.63) is 65.9 Å². The number of carboxylic acids is 1. The van der Waals surface area contributed by atoms with Crippen LogP contribution in [0.3, 0.4) is 0 Å². The van der Waals surface area contributed by atoms with Crippen molar-refractivity contribution >= 4 is 29.0 Å². The molecule has 3 heterocycles. The molecule has 0 aliphatic heterocycles. The van der Waals surface area contributed by atoms with Gasteiger partial charge in [-0.25, -0.2) is 15.0 Å². The van der Waals surface area contributed by atoms with Crippen molar-refractivity contribution in [2.24, 2.45) is 17.8 Å². The second kappa shape index (κ2) is 10.9. The van der Waals surface area contributed by atoms with Crippen LogP contribution in [0, 0.1) is 17.8 Å². The van der Waals surface area contributed by atoms with Crippen molar-refractivity contribution in [3.8, 4) is 17.0 Å². The Labute approximate surface area is 244 Å². The van der Waals surface area contributed by atoms with Crippen molar-refractivity contribution < 1.29 is 32.6 Å². The van der Waals surface area contributed by atoms with Crippen LogP contribution in [0.4, 0.5) is 24.8 Å². The van der Waals surface area contributed by atoms with Crippen molar-refractivity contribution in [2.45, 2.75) is 44.7 Å². The number of anilines is 2. The first kappa shape index (κ1) is 28.4. The largest absolute Gasteiger partial charge is 0.493 e. The van der Waals surface area contributed by atoms with E-state index in [1.54, 1.807) is 25.4 Å². The molecule has 3 aromatic heterocycles. The zero-order valence-electron chi connectivity index (χ0n) is 23.1. The number of hydrogen-bond donors (Lipinski definition) is 3. The molecule has 10 nitrogen and oxygen atoms in total. The number of carboxylic acid groups (broad SMARTS) is 1. The van der Waals surface area contributed by atoms with Gasteiger partial charge in [0.05, 0.1) is 18.1 Å². The molecular formula is C30H29F3N6O4. The van der Waals surface area contributed by atoms with E-state index in [0.717, 1.165) is 37.0 Å². The lowest BCUT2D eigenvalue weighted by Crippen LogP contribution is -2.31. The number of imidazole rings is 1. The van der Waals surface area contributed by atoms with Gasteiger partial charge in [0.1, 0.15) is 34.4 Å². The number of amides is 1. The van der Waals surface area contributed by atoms with Crippen LogP contribution in [0.25, 0.3) is 16.8 Å². The summed E-state index contributed by atoms with van der Waals surface area (Å²) in [5.74, 6) is -0.436. The van der Waals surface area contributed by atoms with E-state index >= 15 is 0 Å². The number of aliphatic carboxylic acids is 1. The van der Waals surface area contributed by atoms with Gasteiger partial charge in [-0.1, -0.05) is 0 Å². The van der Waals surface area contributed by atoms with E-state index in [2.05, 4.69) is 15.3 Å². The van der Waals surface area contributed by atoms with Gasteiger partial charge >= 0.3 is 12.1 Å². The average molecular weight is 595 g/mol. The topological polar surface area (TPSA) is 145 Å². The molecule has 224 valence electrons. The number of ether oxygens (including phenoxy) is 1. The summed E-state index contributed by atoms with van der Waals surface area (Å²) in [5, 5.41) is 12.2. The van der Waals surface area contributed by atoms with E-state index in [-0.39, 0.29) is 47.5 Å². The van der Waals surface area contributed by atoms with Crippen LogP contribution in [0.5, 0.6) is 5.75 Å². The Bertz CT molecular complexity index is 1710. The number of nitrogens with two attached hydrogens (primary N) is 1. The highest BCUT2D eigenvalue weighted by molar-refractivity contribution is 6.04. The van der Waals surface area contributed by atoms with Crippen LogP contribution < -0.4 is 15.8 Å². The number of benzene rings is 1. The number of halogens is 3. The molecule has 0 radical (unpaired) electrons. The minimum atomic E-state index is -4.58. The Morgan fingerprint density at radius 1 is 1.12 bits per heavy atom. The highest BCUT2D eigenvalue weighted by atomic mass is 19.4. The fraction of sp³-hybridized carbons (Fsp3) is 0.367. The first-order chi connectivity index (χ1) is 20.5. The zero-order valence-corrected chi connectivity index (χ0v) is 23.1. The van der Waals surface area contributed by atoms with Crippen LogP contribution in [0.1, 0.15) is 60.3 Å². The summed E-state index contributed by atoms with van der Waals surface area (Å²) < 4.78 is 47.2. The van der Waals surface area contributed by atoms with Crippen molar-refractivity contribution in [1.82, 2.24) is 19.4 Å². The van der Waals surface area contributed by atoms with E-state index in [9.17, 15) is 27.9 Å². The Hall–Kier alpha value is -4.68. The first-order valence-electron chi connectivity index (χ1n) is 14.0. The van der Waals surface area contributed by atoms with Crippen LogP contribution in [0.15, 0.2) is 48.9 Å². The van der Waals surface area contributed by atoms with Crippen molar-refractivity contribution in [2.75, 3.05) is 17.7 Å². The maximum absolute atomic E-state index is 13.1. The summed E-state index contributed by atoms with van der Waals surface area (Å²) >= 11 is 0. The molecule has 6 rings (SSSR count). The number of hydrogen-bond acceptors (Lipinski definition) is 7. The fourth-order valence-electron chi connectivity index (χ4n) is 6.70. The van der Waals surface area contributed by atoms with Gasteiger partial charge in [0.25, 0.3) is 5.91 Å². The molecule has 1 aromatic carbocycles. The van der Waals surface area contributed by atoms with Gasteiger partial charge in [-0.2, -0.15) is 13.2 Å². The predicted octanol–water partition coefficient (Wildman–Crippen LogP) is 5.65. The summed E-state index contributed by atoms with van der Waals surface area (Å²) in [5.41, 5.74) is 7.20. The maximum atomic E-state index is 13.1. The number of carbonyl (C=O) groups excluding carboxylic acids is 1. The second-order valence-corrected chi connectivity index (χ2v) is 11.0. The molecule has 2 unspecified atom stereocenters. The summed E-state index contributed by atoms with van der Waals surface area (Å²) in [6.45, 7) is 2.05. The molecule has 2 saturated carbocycles. The number of aromatic nitrogens is 4. The molecule has 4 N–H and O–H groups in total. The third kappa shape index (κ3) is 5.23. The van der Waals surface area contributed by atoms with E-state index in [4.69, 9.17) is 15.5 Å². The molecule has 2 fully saturated rings.